The van der Waals surface area contributed by atoms with Gasteiger partial charge in [0.2, 0.25) is 17.8 Å². The number of benzene rings is 2. The van der Waals surface area contributed by atoms with E-state index in [1.165, 1.54) is 12.8 Å². The number of rotatable bonds is 10. The molecule has 0 saturated carbocycles. The lowest BCUT2D eigenvalue weighted by atomic mass is 9.99. The van der Waals surface area contributed by atoms with Crippen LogP contribution in [-0.4, -0.2) is 74.1 Å². The Morgan fingerprint density at radius 2 is 1.85 bits per heavy atom. The van der Waals surface area contributed by atoms with Gasteiger partial charge in [0.15, 0.2) is 5.65 Å². The van der Waals surface area contributed by atoms with Crippen LogP contribution in [0.4, 0.5) is 17.6 Å². The number of amides is 1. The van der Waals surface area contributed by atoms with Crippen molar-refractivity contribution in [1.82, 2.24) is 29.5 Å². The van der Waals surface area contributed by atoms with Crippen molar-refractivity contribution in [2.75, 3.05) is 48.3 Å². The maximum Gasteiger partial charge on any atom is 0.248 e. The van der Waals surface area contributed by atoms with Gasteiger partial charge in [-0.25, -0.2) is 0 Å². The average molecular weight is 645 g/mol. The highest BCUT2D eigenvalue weighted by molar-refractivity contribution is 6.02. The van der Waals surface area contributed by atoms with Gasteiger partial charge in [-0.1, -0.05) is 50.3 Å². The number of aromatic nitrogens is 5. The highest BCUT2D eigenvalue weighted by atomic mass is 16.1. The van der Waals surface area contributed by atoms with E-state index in [4.69, 9.17) is 20.7 Å². The molecule has 4 N–H and O–H groups in total. The Labute approximate surface area is 281 Å². The lowest BCUT2D eigenvalue weighted by Gasteiger charge is -2.30. The molecule has 48 heavy (non-hydrogen) atoms. The van der Waals surface area contributed by atoms with Crippen LogP contribution in [0.3, 0.4) is 0 Å². The molecule has 5 aromatic rings. The van der Waals surface area contributed by atoms with E-state index < -0.39 is 0 Å². The molecule has 248 valence electrons. The molecule has 2 fully saturated rings. The molecule has 11 nitrogen and oxygen atoms in total. The number of pyridine rings is 1. The predicted octanol–water partition coefficient (Wildman–Crippen LogP) is 5.59. The van der Waals surface area contributed by atoms with Crippen molar-refractivity contribution in [3.8, 4) is 11.3 Å². The average Bonchev–Trinajstić information content (AvgIpc) is 3.78. The van der Waals surface area contributed by atoms with Crippen LogP contribution in [0.1, 0.15) is 56.6 Å². The number of carbonyl (C=O) groups is 1. The minimum absolute atomic E-state index is 0.122. The largest absolute Gasteiger partial charge is 0.350 e. The lowest BCUT2D eigenvalue weighted by molar-refractivity contribution is -0.111. The number of carbonyl (C=O) groups excluding carboxylic acids is 1. The van der Waals surface area contributed by atoms with Crippen molar-refractivity contribution in [3.05, 3.63) is 84.2 Å². The quantitative estimate of drug-likeness (QED) is 0.167. The van der Waals surface area contributed by atoms with Crippen molar-refractivity contribution in [2.24, 2.45) is 5.73 Å². The summed E-state index contributed by atoms with van der Waals surface area (Å²) in [7, 11) is 0. The molecule has 2 aliphatic rings. The molecule has 1 amide bonds. The van der Waals surface area contributed by atoms with Gasteiger partial charge >= 0.3 is 0 Å². The van der Waals surface area contributed by atoms with Gasteiger partial charge in [0.05, 0.1) is 11.9 Å². The highest BCUT2D eigenvalue weighted by Gasteiger charge is 2.22. The molecule has 2 aliphatic heterocycles. The van der Waals surface area contributed by atoms with E-state index in [1.807, 2.05) is 59.4 Å². The lowest BCUT2D eigenvalue weighted by Crippen LogP contribution is -2.40. The Bertz CT molecular complexity index is 1940. The van der Waals surface area contributed by atoms with Crippen molar-refractivity contribution in [3.63, 3.8) is 0 Å². The topological polar surface area (TPSA) is 130 Å². The molecule has 0 aliphatic carbocycles. The van der Waals surface area contributed by atoms with Gasteiger partial charge in [-0.3, -0.25) is 14.7 Å². The van der Waals surface area contributed by atoms with Crippen molar-refractivity contribution in [1.29, 1.82) is 0 Å². The second-order valence-electron chi connectivity index (χ2n) is 13.2. The smallest absolute Gasteiger partial charge is 0.248 e. The Kier molecular flexibility index (Phi) is 9.31. The van der Waals surface area contributed by atoms with Crippen molar-refractivity contribution < 1.29 is 4.79 Å². The molecule has 2 aromatic carbocycles. The first-order chi connectivity index (χ1) is 23.4. The van der Waals surface area contributed by atoms with E-state index in [2.05, 4.69) is 51.5 Å². The molecule has 0 unspecified atom stereocenters. The zero-order valence-electron chi connectivity index (χ0n) is 27.8. The molecule has 0 atom stereocenters. The van der Waals surface area contributed by atoms with Crippen LogP contribution in [0.15, 0.2) is 73.1 Å². The molecule has 2 saturated heterocycles. The monoisotopic (exact) mass is 644 g/mol. The Morgan fingerprint density at radius 1 is 1.04 bits per heavy atom. The first kappa shape index (κ1) is 31.7. The molecular weight excluding hydrogens is 600 g/mol. The summed E-state index contributed by atoms with van der Waals surface area (Å²) < 4.78 is 1.81. The zero-order chi connectivity index (χ0) is 33.0. The highest BCUT2D eigenvalue weighted by Crippen LogP contribution is 2.32. The summed E-state index contributed by atoms with van der Waals surface area (Å²) in [6.45, 7) is 9.52. The molecule has 5 heterocycles. The fourth-order valence-corrected chi connectivity index (χ4v) is 6.65. The predicted molar refractivity (Wildman–Crippen MR) is 192 cm³/mol. The van der Waals surface area contributed by atoms with Crippen LogP contribution in [0.25, 0.3) is 27.7 Å². The first-order valence-electron chi connectivity index (χ1n) is 17.1. The number of anilines is 3. The number of likely N-dealkylation sites (tertiary alicyclic amines) is 1. The third-order valence-corrected chi connectivity index (χ3v) is 9.40. The van der Waals surface area contributed by atoms with E-state index in [0.717, 1.165) is 90.1 Å². The van der Waals surface area contributed by atoms with E-state index in [0.29, 0.717) is 18.4 Å². The van der Waals surface area contributed by atoms with E-state index >= 15 is 0 Å². The maximum absolute atomic E-state index is 12.6. The third kappa shape index (κ3) is 6.88. The molecule has 0 radical (unpaired) electrons. The zero-order valence-corrected chi connectivity index (χ0v) is 27.8. The number of nitrogens with zero attached hydrogens (tertiary/aromatic N) is 7. The van der Waals surface area contributed by atoms with E-state index in [1.54, 1.807) is 6.08 Å². The van der Waals surface area contributed by atoms with Gasteiger partial charge < -0.3 is 21.3 Å². The first-order valence-corrected chi connectivity index (χ1v) is 17.1. The number of nitrogens with one attached hydrogen (secondary N) is 2. The molecular formula is C37H44N10O. The van der Waals surface area contributed by atoms with Crippen LogP contribution < -0.4 is 21.3 Å². The second-order valence-corrected chi connectivity index (χ2v) is 13.2. The molecule has 11 heteroatoms. The number of piperidine rings is 1. The summed E-state index contributed by atoms with van der Waals surface area (Å²) in [6.07, 6.45) is 11.6. The van der Waals surface area contributed by atoms with Crippen LogP contribution in [0.2, 0.25) is 0 Å². The summed E-state index contributed by atoms with van der Waals surface area (Å²) in [6, 6.07) is 16.5. The standard InChI is InChI=1S/C37H44N10O/c1-25(2)32-24-41-47-35(32)43-37(46-20-14-28(38)15-21-46)44-36(47)40-23-27-8-3-4-9-30(27)34-31-12-11-29(22-26(31)13-16-39-34)42-33(48)10-7-19-45-17-5-6-18-45/h3-4,7-13,16,22,24-25,28H,5-6,14-15,17-21,23,38H2,1-2H3,(H,42,48)(H,40,43,44)/b10-7+. The summed E-state index contributed by atoms with van der Waals surface area (Å²) in [5.41, 5.74) is 11.8. The fraction of sp³-hybridized carbons (Fsp3) is 0.378. The molecule has 7 rings (SSSR count). The SMILES string of the molecule is CC(C)c1cnn2c(NCc3ccccc3-c3nccc4cc(NC(=O)/C=C/CN5CCCC5)ccc34)nc(N3CCC(N)CC3)nc12. The normalized spacial score (nSPS) is 16.1. The summed E-state index contributed by atoms with van der Waals surface area (Å²) in [5.74, 6) is 1.50. The second kappa shape index (κ2) is 14.1. The van der Waals surface area contributed by atoms with Gasteiger partial charge in [0.1, 0.15) is 0 Å². The van der Waals surface area contributed by atoms with Crippen LogP contribution in [-0.2, 0) is 11.3 Å². The Balaban J connectivity index is 1.13. The number of hydrogen-bond acceptors (Lipinski definition) is 9. The summed E-state index contributed by atoms with van der Waals surface area (Å²) >= 11 is 0. The van der Waals surface area contributed by atoms with Gasteiger partial charge in [0.25, 0.3) is 0 Å². The minimum Gasteiger partial charge on any atom is -0.350 e. The maximum atomic E-state index is 12.6. The van der Waals surface area contributed by atoms with Gasteiger partial charge in [-0.15, -0.1) is 0 Å². The van der Waals surface area contributed by atoms with E-state index in [9.17, 15) is 4.79 Å². The summed E-state index contributed by atoms with van der Waals surface area (Å²) in [4.78, 5) is 32.0. The molecule has 0 spiro atoms. The van der Waals surface area contributed by atoms with Gasteiger partial charge in [-0.2, -0.15) is 19.6 Å². The Morgan fingerprint density at radius 3 is 2.67 bits per heavy atom. The summed E-state index contributed by atoms with van der Waals surface area (Å²) in [5, 5.41) is 13.3. The van der Waals surface area contributed by atoms with Crippen molar-refractivity contribution >= 4 is 39.9 Å². The van der Waals surface area contributed by atoms with Crippen molar-refractivity contribution in [2.45, 2.75) is 58.0 Å². The minimum atomic E-state index is -0.122. The van der Waals surface area contributed by atoms with Crippen LogP contribution in [0, 0.1) is 0 Å². The molecule has 0 bridgehead atoms. The van der Waals surface area contributed by atoms with E-state index in [-0.39, 0.29) is 17.9 Å². The Hall–Kier alpha value is -4.87. The van der Waals surface area contributed by atoms with Crippen LogP contribution in [0.5, 0.6) is 0 Å². The number of hydrogen-bond donors (Lipinski definition) is 3. The number of fused-ring (bicyclic) bond motifs is 2. The van der Waals surface area contributed by atoms with Gasteiger partial charge in [0, 0.05) is 66.7 Å². The van der Waals surface area contributed by atoms with Gasteiger partial charge in [-0.05, 0) is 73.8 Å². The molecule has 3 aromatic heterocycles. The van der Waals surface area contributed by atoms with Crippen LogP contribution >= 0.6 is 0 Å². The fourth-order valence-electron chi connectivity index (χ4n) is 6.65. The third-order valence-electron chi connectivity index (χ3n) is 9.40. The number of nitrogens with two attached hydrogens (primary N) is 1.